The van der Waals surface area contributed by atoms with E-state index in [9.17, 15) is 4.39 Å². The molecule has 0 aromatic heterocycles. The summed E-state index contributed by atoms with van der Waals surface area (Å²) in [5.41, 5.74) is 6.93. The van der Waals surface area contributed by atoms with Crippen LogP contribution in [-0.2, 0) is 0 Å². The van der Waals surface area contributed by atoms with Crippen molar-refractivity contribution < 1.29 is 4.39 Å². The summed E-state index contributed by atoms with van der Waals surface area (Å²) in [4.78, 5) is 0. The van der Waals surface area contributed by atoms with E-state index in [0.29, 0.717) is 12.1 Å². The van der Waals surface area contributed by atoms with E-state index < -0.39 is 5.82 Å². The lowest BCUT2D eigenvalue weighted by molar-refractivity contribution is 0.627. The van der Waals surface area contributed by atoms with Crippen LogP contribution in [-0.4, -0.2) is 6.54 Å². The zero-order valence-electron chi connectivity index (χ0n) is 7.35. The maximum atomic E-state index is 13.0. The van der Waals surface area contributed by atoms with Crippen LogP contribution in [0.1, 0.15) is 11.1 Å². The quantitative estimate of drug-likeness (QED) is 0.779. The van der Waals surface area contributed by atoms with Crippen molar-refractivity contribution >= 4 is 17.7 Å². The number of aryl methyl sites for hydroxylation is 1. The van der Waals surface area contributed by atoms with E-state index in [0.717, 1.165) is 5.56 Å². The second-order valence-corrected chi connectivity index (χ2v) is 3.11. The number of rotatable bonds is 2. The molecule has 0 radical (unpaired) electrons. The molecule has 0 spiro atoms. The Balaban J connectivity index is 3.17. The number of hydrogen-bond acceptors (Lipinski definition) is 1. The Hall–Kier alpha value is -0.860. The Bertz CT molecular complexity index is 334. The summed E-state index contributed by atoms with van der Waals surface area (Å²) in [6, 6.07) is 3.05. The van der Waals surface area contributed by atoms with Crippen molar-refractivity contribution in [3.8, 4) is 0 Å². The van der Waals surface area contributed by atoms with Crippen LogP contribution in [0.25, 0.3) is 6.08 Å². The number of hydrogen-bond donors (Lipinski definition) is 1. The molecule has 0 atom stereocenters. The van der Waals surface area contributed by atoms with Gasteiger partial charge in [0, 0.05) is 6.54 Å². The van der Waals surface area contributed by atoms with Crippen molar-refractivity contribution in [3.05, 3.63) is 40.2 Å². The summed E-state index contributed by atoms with van der Waals surface area (Å²) in [6.07, 6.45) is 3.48. The van der Waals surface area contributed by atoms with Crippen molar-refractivity contribution in [2.24, 2.45) is 5.73 Å². The summed E-state index contributed by atoms with van der Waals surface area (Å²) in [5.74, 6) is -0.399. The minimum absolute atomic E-state index is 0.157. The molecule has 3 heteroatoms. The highest BCUT2D eigenvalue weighted by molar-refractivity contribution is 6.32. The van der Waals surface area contributed by atoms with Crippen molar-refractivity contribution in [2.75, 3.05) is 6.54 Å². The molecule has 0 aliphatic heterocycles. The van der Waals surface area contributed by atoms with Crippen LogP contribution >= 0.6 is 11.6 Å². The predicted octanol–water partition coefficient (Wildman–Crippen LogP) is 2.76. The standard InChI is InChI=1S/C10H11ClFN/c1-7-4-5-9(12)10(11)8(7)3-2-6-13/h2-5H,6,13H2,1H3/b3-2+. The monoisotopic (exact) mass is 199 g/mol. The Kier molecular flexibility index (Phi) is 3.46. The van der Waals surface area contributed by atoms with Gasteiger partial charge in [-0.3, -0.25) is 0 Å². The van der Waals surface area contributed by atoms with E-state index in [2.05, 4.69) is 0 Å². The lowest BCUT2D eigenvalue weighted by Crippen LogP contribution is -1.93. The fourth-order valence-electron chi connectivity index (χ4n) is 1.05. The molecule has 1 aromatic rings. The Morgan fingerprint density at radius 2 is 2.23 bits per heavy atom. The Morgan fingerprint density at radius 1 is 1.54 bits per heavy atom. The van der Waals surface area contributed by atoms with Crippen LogP contribution in [0.15, 0.2) is 18.2 Å². The number of halogens is 2. The molecule has 0 bridgehead atoms. The maximum absolute atomic E-state index is 13.0. The van der Waals surface area contributed by atoms with Crippen molar-refractivity contribution in [2.45, 2.75) is 6.92 Å². The third kappa shape index (κ3) is 2.29. The first-order valence-electron chi connectivity index (χ1n) is 3.98. The third-order valence-corrected chi connectivity index (χ3v) is 2.16. The lowest BCUT2D eigenvalue weighted by atomic mass is 10.1. The van der Waals surface area contributed by atoms with Crippen LogP contribution in [0.2, 0.25) is 5.02 Å². The van der Waals surface area contributed by atoms with Gasteiger partial charge >= 0.3 is 0 Å². The van der Waals surface area contributed by atoms with Crippen molar-refractivity contribution in [1.29, 1.82) is 0 Å². The topological polar surface area (TPSA) is 26.0 Å². The Morgan fingerprint density at radius 3 is 2.85 bits per heavy atom. The van der Waals surface area contributed by atoms with Gasteiger partial charge in [0.05, 0.1) is 5.02 Å². The normalized spacial score (nSPS) is 11.1. The van der Waals surface area contributed by atoms with Gasteiger partial charge in [-0.1, -0.05) is 29.8 Å². The molecule has 2 N–H and O–H groups in total. The molecular formula is C10H11ClFN. The molecule has 0 fully saturated rings. The van der Waals surface area contributed by atoms with Gasteiger partial charge < -0.3 is 5.73 Å². The highest BCUT2D eigenvalue weighted by atomic mass is 35.5. The van der Waals surface area contributed by atoms with Gasteiger partial charge in [0.25, 0.3) is 0 Å². The molecule has 0 saturated heterocycles. The molecule has 13 heavy (non-hydrogen) atoms. The number of benzene rings is 1. The Labute approximate surface area is 82.0 Å². The smallest absolute Gasteiger partial charge is 0.142 e. The highest BCUT2D eigenvalue weighted by Crippen LogP contribution is 2.24. The zero-order valence-corrected chi connectivity index (χ0v) is 8.11. The summed E-state index contributed by atoms with van der Waals surface area (Å²) < 4.78 is 13.0. The van der Waals surface area contributed by atoms with Crippen LogP contribution in [0.4, 0.5) is 4.39 Å². The zero-order chi connectivity index (χ0) is 9.84. The second-order valence-electron chi connectivity index (χ2n) is 2.73. The SMILES string of the molecule is Cc1ccc(F)c(Cl)c1/C=C/CN. The second kappa shape index (κ2) is 4.40. The first-order valence-corrected chi connectivity index (χ1v) is 4.36. The molecule has 0 aliphatic rings. The fourth-order valence-corrected chi connectivity index (χ4v) is 1.33. The fraction of sp³-hybridized carbons (Fsp3) is 0.200. The molecule has 0 heterocycles. The first kappa shape index (κ1) is 10.2. The first-order chi connectivity index (χ1) is 6.16. The molecular weight excluding hydrogens is 189 g/mol. The van der Waals surface area contributed by atoms with E-state index in [1.165, 1.54) is 6.07 Å². The van der Waals surface area contributed by atoms with Crippen molar-refractivity contribution in [1.82, 2.24) is 0 Å². The molecule has 70 valence electrons. The van der Waals surface area contributed by atoms with E-state index in [1.54, 1.807) is 18.2 Å². The number of nitrogens with two attached hydrogens (primary N) is 1. The molecule has 1 rings (SSSR count). The summed E-state index contributed by atoms with van der Waals surface area (Å²) in [6.45, 7) is 2.30. The van der Waals surface area contributed by atoms with E-state index in [1.807, 2.05) is 6.92 Å². The van der Waals surface area contributed by atoms with Gasteiger partial charge in [0.2, 0.25) is 0 Å². The average Bonchev–Trinajstić information content (AvgIpc) is 2.12. The molecule has 1 aromatic carbocycles. The van der Waals surface area contributed by atoms with Crippen LogP contribution in [0.3, 0.4) is 0 Å². The van der Waals surface area contributed by atoms with Gasteiger partial charge in [-0.15, -0.1) is 0 Å². The molecule has 0 amide bonds. The minimum Gasteiger partial charge on any atom is -0.327 e. The molecule has 1 nitrogen and oxygen atoms in total. The van der Waals surface area contributed by atoms with Gasteiger partial charge in [0.1, 0.15) is 5.82 Å². The van der Waals surface area contributed by atoms with Crippen LogP contribution < -0.4 is 5.73 Å². The molecule has 0 unspecified atom stereocenters. The summed E-state index contributed by atoms with van der Waals surface area (Å²) in [7, 11) is 0. The van der Waals surface area contributed by atoms with Crippen molar-refractivity contribution in [3.63, 3.8) is 0 Å². The van der Waals surface area contributed by atoms with Gasteiger partial charge in [-0.05, 0) is 24.1 Å². The molecule has 0 aliphatic carbocycles. The van der Waals surface area contributed by atoms with Crippen LogP contribution in [0.5, 0.6) is 0 Å². The lowest BCUT2D eigenvalue weighted by Gasteiger charge is -2.03. The van der Waals surface area contributed by atoms with E-state index in [-0.39, 0.29) is 5.02 Å². The predicted molar refractivity (Wildman–Crippen MR) is 54.2 cm³/mol. The summed E-state index contributed by atoms with van der Waals surface area (Å²) in [5, 5.41) is 0.157. The van der Waals surface area contributed by atoms with Crippen LogP contribution in [0, 0.1) is 12.7 Å². The van der Waals surface area contributed by atoms with Gasteiger partial charge in [0.15, 0.2) is 0 Å². The third-order valence-electron chi connectivity index (χ3n) is 1.77. The minimum atomic E-state index is -0.399. The maximum Gasteiger partial charge on any atom is 0.142 e. The van der Waals surface area contributed by atoms with E-state index in [4.69, 9.17) is 17.3 Å². The average molecular weight is 200 g/mol. The van der Waals surface area contributed by atoms with E-state index >= 15 is 0 Å². The highest BCUT2D eigenvalue weighted by Gasteiger charge is 2.05. The van der Waals surface area contributed by atoms with Gasteiger partial charge in [-0.25, -0.2) is 4.39 Å². The largest absolute Gasteiger partial charge is 0.327 e. The summed E-state index contributed by atoms with van der Waals surface area (Å²) >= 11 is 5.77. The molecule has 0 saturated carbocycles. The van der Waals surface area contributed by atoms with Gasteiger partial charge in [-0.2, -0.15) is 0 Å².